The number of carbonyl (C=O) groups is 1. The predicted octanol–water partition coefficient (Wildman–Crippen LogP) is 1.45. The Hall–Kier alpha value is -1.10. The monoisotopic (exact) mass is 268 g/mol. The van der Waals surface area contributed by atoms with Crippen LogP contribution in [0.4, 0.5) is 0 Å². The third kappa shape index (κ3) is 3.98. The van der Waals surface area contributed by atoms with Gasteiger partial charge >= 0.3 is 0 Å². The lowest BCUT2D eigenvalue weighted by atomic mass is 10.2. The Balaban J connectivity index is 1.72. The van der Waals surface area contributed by atoms with Crippen LogP contribution < -0.4 is 10.6 Å². The summed E-state index contributed by atoms with van der Waals surface area (Å²) in [6, 6.07) is 7.21. The smallest absolute Gasteiger partial charge is 0.251 e. The van der Waals surface area contributed by atoms with Crippen molar-refractivity contribution in [2.75, 3.05) is 26.3 Å². The van der Waals surface area contributed by atoms with Crippen molar-refractivity contribution in [1.82, 2.24) is 10.6 Å². The Kier molecular flexibility index (Phi) is 4.99. The molecule has 0 aliphatic carbocycles. The number of morpholine rings is 1. The zero-order valence-corrected chi connectivity index (χ0v) is 10.9. The van der Waals surface area contributed by atoms with Crippen LogP contribution in [0, 0.1) is 0 Å². The third-order valence-corrected chi connectivity index (χ3v) is 3.14. The molecule has 0 radical (unpaired) electrons. The maximum atomic E-state index is 11.8. The molecule has 0 aromatic heterocycles. The first-order valence-electron chi connectivity index (χ1n) is 6.10. The van der Waals surface area contributed by atoms with Gasteiger partial charge in [0.1, 0.15) is 0 Å². The highest BCUT2D eigenvalue weighted by molar-refractivity contribution is 6.30. The molecule has 1 aromatic carbocycles. The molecule has 1 saturated heterocycles. The summed E-state index contributed by atoms with van der Waals surface area (Å²) in [6.07, 6.45) is 0.874. The van der Waals surface area contributed by atoms with E-state index in [1.165, 1.54) is 0 Å². The van der Waals surface area contributed by atoms with Crippen LogP contribution in [-0.2, 0) is 4.74 Å². The molecule has 0 bridgehead atoms. The van der Waals surface area contributed by atoms with E-state index in [1.807, 2.05) is 0 Å². The van der Waals surface area contributed by atoms with Gasteiger partial charge in [-0.25, -0.2) is 0 Å². The van der Waals surface area contributed by atoms with E-state index < -0.39 is 0 Å². The molecule has 1 aliphatic heterocycles. The molecule has 1 atom stereocenters. The van der Waals surface area contributed by atoms with E-state index in [1.54, 1.807) is 24.3 Å². The first-order chi connectivity index (χ1) is 8.75. The fourth-order valence-corrected chi connectivity index (χ4v) is 1.99. The highest BCUT2D eigenvalue weighted by Crippen LogP contribution is 2.09. The summed E-state index contributed by atoms with van der Waals surface area (Å²) >= 11 is 5.77. The van der Waals surface area contributed by atoms with E-state index in [0.717, 1.165) is 26.2 Å². The van der Waals surface area contributed by atoms with E-state index in [-0.39, 0.29) is 5.91 Å². The number of amides is 1. The first-order valence-corrected chi connectivity index (χ1v) is 6.48. The molecular formula is C13H17ClN2O2. The standard InChI is InChI=1S/C13H17ClN2O2/c14-11-3-1-10(2-4-11)13(17)16-6-5-12-9-18-8-7-15-12/h1-4,12,15H,5-9H2,(H,16,17). The first kappa shape index (κ1) is 13.3. The van der Waals surface area contributed by atoms with Gasteiger partial charge in [0.2, 0.25) is 0 Å². The highest BCUT2D eigenvalue weighted by Gasteiger charge is 2.13. The molecule has 0 saturated carbocycles. The maximum Gasteiger partial charge on any atom is 0.251 e. The Morgan fingerprint density at radius 1 is 1.44 bits per heavy atom. The van der Waals surface area contributed by atoms with Gasteiger partial charge in [0.05, 0.1) is 13.2 Å². The summed E-state index contributed by atoms with van der Waals surface area (Å²) < 4.78 is 5.35. The number of ether oxygens (including phenoxy) is 1. The lowest BCUT2D eigenvalue weighted by molar-refractivity contribution is 0.0733. The molecule has 2 N–H and O–H groups in total. The van der Waals surface area contributed by atoms with Gasteiger partial charge in [-0.1, -0.05) is 11.6 Å². The fraction of sp³-hybridized carbons (Fsp3) is 0.462. The number of halogens is 1. The molecule has 1 fully saturated rings. The Bertz CT molecular complexity index is 388. The van der Waals surface area contributed by atoms with Crippen molar-refractivity contribution in [3.05, 3.63) is 34.9 Å². The number of hydrogen-bond acceptors (Lipinski definition) is 3. The van der Waals surface area contributed by atoms with Crippen LogP contribution in [0.25, 0.3) is 0 Å². The fourth-order valence-electron chi connectivity index (χ4n) is 1.87. The van der Waals surface area contributed by atoms with Gasteiger partial charge in [-0.05, 0) is 30.7 Å². The van der Waals surface area contributed by atoms with Crippen LogP contribution >= 0.6 is 11.6 Å². The van der Waals surface area contributed by atoms with Crippen molar-refractivity contribution in [1.29, 1.82) is 0 Å². The third-order valence-electron chi connectivity index (χ3n) is 2.88. The Morgan fingerprint density at radius 3 is 2.89 bits per heavy atom. The van der Waals surface area contributed by atoms with Gasteiger partial charge in [-0.2, -0.15) is 0 Å². The second-order valence-corrected chi connectivity index (χ2v) is 4.71. The zero-order valence-electron chi connectivity index (χ0n) is 10.1. The molecule has 1 heterocycles. The van der Waals surface area contributed by atoms with Gasteiger partial charge < -0.3 is 15.4 Å². The van der Waals surface area contributed by atoms with Crippen molar-refractivity contribution in [3.8, 4) is 0 Å². The molecule has 1 amide bonds. The van der Waals surface area contributed by atoms with Gasteiger partial charge in [0.15, 0.2) is 0 Å². The molecule has 1 aromatic rings. The van der Waals surface area contributed by atoms with E-state index in [2.05, 4.69) is 10.6 Å². The summed E-state index contributed by atoms with van der Waals surface area (Å²) in [5, 5.41) is 6.87. The van der Waals surface area contributed by atoms with E-state index in [0.29, 0.717) is 23.2 Å². The van der Waals surface area contributed by atoms with Crippen LogP contribution in [0.2, 0.25) is 5.02 Å². The van der Waals surface area contributed by atoms with Gasteiger partial charge in [-0.3, -0.25) is 4.79 Å². The summed E-state index contributed by atoms with van der Waals surface area (Å²) in [5.41, 5.74) is 0.632. The molecule has 1 aliphatic rings. The number of rotatable bonds is 4. The summed E-state index contributed by atoms with van der Waals surface area (Å²) in [6.45, 7) is 3.02. The number of nitrogens with one attached hydrogen (secondary N) is 2. The quantitative estimate of drug-likeness (QED) is 0.869. The van der Waals surface area contributed by atoms with Crippen LogP contribution in [0.15, 0.2) is 24.3 Å². The van der Waals surface area contributed by atoms with Crippen molar-refractivity contribution in [3.63, 3.8) is 0 Å². The molecule has 5 heteroatoms. The normalized spacial score (nSPS) is 19.5. The predicted molar refractivity (Wildman–Crippen MR) is 71.0 cm³/mol. The lowest BCUT2D eigenvalue weighted by Gasteiger charge is -2.23. The SMILES string of the molecule is O=C(NCCC1COCCN1)c1ccc(Cl)cc1. The Morgan fingerprint density at radius 2 is 2.22 bits per heavy atom. The van der Waals surface area contributed by atoms with Crippen LogP contribution in [0.1, 0.15) is 16.8 Å². The maximum absolute atomic E-state index is 11.8. The van der Waals surface area contributed by atoms with Crippen molar-refractivity contribution in [2.45, 2.75) is 12.5 Å². The number of hydrogen-bond donors (Lipinski definition) is 2. The molecule has 0 spiro atoms. The van der Waals surface area contributed by atoms with E-state index in [9.17, 15) is 4.79 Å². The second-order valence-electron chi connectivity index (χ2n) is 4.28. The summed E-state index contributed by atoms with van der Waals surface area (Å²) in [5.74, 6) is -0.0663. The van der Waals surface area contributed by atoms with Crippen molar-refractivity contribution < 1.29 is 9.53 Å². The van der Waals surface area contributed by atoms with Crippen LogP contribution in [-0.4, -0.2) is 38.3 Å². The van der Waals surface area contributed by atoms with Gasteiger partial charge in [0.25, 0.3) is 5.91 Å². The van der Waals surface area contributed by atoms with E-state index in [4.69, 9.17) is 16.3 Å². The average molecular weight is 269 g/mol. The highest BCUT2D eigenvalue weighted by atomic mass is 35.5. The van der Waals surface area contributed by atoms with Gasteiger partial charge in [-0.15, -0.1) is 0 Å². The van der Waals surface area contributed by atoms with Crippen LogP contribution in [0.3, 0.4) is 0 Å². The van der Waals surface area contributed by atoms with E-state index >= 15 is 0 Å². The van der Waals surface area contributed by atoms with Crippen LogP contribution in [0.5, 0.6) is 0 Å². The summed E-state index contributed by atoms with van der Waals surface area (Å²) in [4.78, 5) is 11.8. The topological polar surface area (TPSA) is 50.4 Å². The molecule has 2 rings (SSSR count). The summed E-state index contributed by atoms with van der Waals surface area (Å²) in [7, 11) is 0. The lowest BCUT2D eigenvalue weighted by Crippen LogP contribution is -2.43. The van der Waals surface area contributed by atoms with Crippen molar-refractivity contribution in [2.24, 2.45) is 0 Å². The molecule has 4 nitrogen and oxygen atoms in total. The minimum atomic E-state index is -0.0663. The Labute approximate surface area is 112 Å². The average Bonchev–Trinajstić information content (AvgIpc) is 2.40. The second kappa shape index (κ2) is 6.73. The molecule has 1 unspecified atom stereocenters. The minimum absolute atomic E-state index is 0.0663. The molecular weight excluding hydrogens is 252 g/mol. The zero-order chi connectivity index (χ0) is 12.8. The minimum Gasteiger partial charge on any atom is -0.379 e. The number of carbonyl (C=O) groups excluding carboxylic acids is 1. The van der Waals surface area contributed by atoms with Gasteiger partial charge in [0, 0.05) is 29.7 Å². The molecule has 98 valence electrons. The van der Waals surface area contributed by atoms with Crippen molar-refractivity contribution >= 4 is 17.5 Å². The molecule has 18 heavy (non-hydrogen) atoms. The largest absolute Gasteiger partial charge is 0.379 e. The number of benzene rings is 1.